The van der Waals surface area contributed by atoms with Gasteiger partial charge >= 0.3 is 5.97 Å². The number of rotatable bonds is 4. The van der Waals surface area contributed by atoms with Crippen LogP contribution in [0, 0.1) is 5.92 Å². The highest BCUT2D eigenvalue weighted by atomic mass is 32.1. The molecule has 1 atom stereocenters. The first-order chi connectivity index (χ1) is 9.99. The van der Waals surface area contributed by atoms with Crippen LogP contribution in [-0.4, -0.2) is 22.5 Å². The van der Waals surface area contributed by atoms with Crippen molar-refractivity contribution in [1.29, 1.82) is 0 Å². The van der Waals surface area contributed by atoms with Crippen molar-refractivity contribution in [2.45, 2.75) is 57.4 Å². The van der Waals surface area contributed by atoms with Crippen LogP contribution in [0.2, 0.25) is 0 Å². The van der Waals surface area contributed by atoms with Crippen LogP contribution in [0.25, 0.3) is 0 Å². The first-order valence-electron chi connectivity index (χ1n) is 7.63. The van der Waals surface area contributed by atoms with Crippen LogP contribution in [-0.2, 0) is 17.6 Å². The molecule has 1 fully saturated rings. The van der Waals surface area contributed by atoms with Gasteiger partial charge in [0.05, 0.1) is 17.5 Å². The molecule has 0 aromatic carbocycles. The van der Waals surface area contributed by atoms with Crippen LogP contribution < -0.4 is 5.32 Å². The lowest BCUT2D eigenvalue weighted by Gasteiger charge is -2.41. The van der Waals surface area contributed by atoms with Gasteiger partial charge in [-0.2, -0.15) is 0 Å². The Hall–Kier alpha value is -1.36. The number of thiophene rings is 1. The molecule has 1 heterocycles. The van der Waals surface area contributed by atoms with Gasteiger partial charge in [0, 0.05) is 10.3 Å². The Morgan fingerprint density at radius 3 is 2.86 bits per heavy atom. The number of hydrogen-bond acceptors (Lipinski definition) is 3. The summed E-state index contributed by atoms with van der Waals surface area (Å²) in [6.45, 7) is 2.25. The van der Waals surface area contributed by atoms with E-state index in [2.05, 4.69) is 12.2 Å². The topological polar surface area (TPSA) is 66.4 Å². The molecule has 114 valence electrons. The van der Waals surface area contributed by atoms with Crippen LogP contribution in [0.5, 0.6) is 0 Å². The zero-order chi connectivity index (χ0) is 15.0. The molecule has 4 nitrogen and oxygen atoms in total. The van der Waals surface area contributed by atoms with E-state index in [4.69, 9.17) is 5.11 Å². The van der Waals surface area contributed by atoms with Crippen molar-refractivity contribution >= 4 is 23.2 Å². The van der Waals surface area contributed by atoms with E-state index < -0.39 is 11.5 Å². The van der Waals surface area contributed by atoms with Gasteiger partial charge in [0.1, 0.15) is 0 Å². The van der Waals surface area contributed by atoms with Crippen molar-refractivity contribution in [3.63, 3.8) is 0 Å². The maximum atomic E-state index is 12.6. The Morgan fingerprint density at radius 2 is 2.24 bits per heavy atom. The molecule has 1 saturated carbocycles. The van der Waals surface area contributed by atoms with E-state index in [9.17, 15) is 9.59 Å². The average Bonchev–Trinajstić information content (AvgIpc) is 2.78. The number of nitrogens with one attached hydrogen (secondary N) is 1. The van der Waals surface area contributed by atoms with E-state index in [0.717, 1.165) is 44.1 Å². The summed E-state index contributed by atoms with van der Waals surface area (Å²) in [4.78, 5) is 24.9. The number of carboxylic acids is 1. The highest BCUT2D eigenvalue weighted by molar-refractivity contribution is 7.10. The molecule has 2 N–H and O–H groups in total. The number of fused-ring (bicyclic) bond motifs is 1. The van der Waals surface area contributed by atoms with Crippen LogP contribution >= 0.6 is 11.3 Å². The van der Waals surface area contributed by atoms with Crippen molar-refractivity contribution in [2.75, 3.05) is 0 Å². The molecule has 0 bridgehead atoms. The first-order valence-corrected chi connectivity index (χ1v) is 8.51. The minimum atomic E-state index is -0.837. The largest absolute Gasteiger partial charge is 0.481 e. The number of hydrogen-bond donors (Lipinski definition) is 2. The van der Waals surface area contributed by atoms with E-state index in [-0.39, 0.29) is 12.3 Å². The van der Waals surface area contributed by atoms with Gasteiger partial charge in [0.15, 0.2) is 0 Å². The molecular weight excluding hydrogens is 286 g/mol. The van der Waals surface area contributed by atoms with Gasteiger partial charge < -0.3 is 10.4 Å². The van der Waals surface area contributed by atoms with Crippen LogP contribution in [0.3, 0.4) is 0 Å². The second kappa shape index (κ2) is 5.44. The zero-order valence-electron chi connectivity index (χ0n) is 12.3. The SMILES string of the molecule is CC1CCc2c(C(=O)NC3(CC(=O)O)CCC3)csc2C1. The highest BCUT2D eigenvalue weighted by Crippen LogP contribution is 2.37. The molecule has 5 heteroatoms. The number of aliphatic carboxylic acids is 1. The van der Waals surface area contributed by atoms with Crippen molar-refractivity contribution in [2.24, 2.45) is 5.92 Å². The van der Waals surface area contributed by atoms with Gasteiger partial charge in [-0.1, -0.05) is 6.92 Å². The summed E-state index contributed by atoms with van der Waals surface area (Å²) in [5.41, 5.74) is 1.46. The lowest BCUT2D eigenvalue weighted by Crippen LogP contribution is -2.54. The molecular formula is C16H21NO3S. The molecule has 0 spiro atoms. The standard InChI is InChI=1S/C16H21NO3S/c1-10-3-4-11-12(9-21-13(11)7-10)15(20)17-16(5-2-6-16)8-14(18)19/h9-10H,2-8H2,1H3,(H,17,20)(H,18,19). The summed E-state index contributed by atoms with van der Waals surface area (Å²) in [5.74, 6) is -0.226. The summed E-state index contributed by atoms with van der Waals surface area (Å²) >= 11 is 1.67. The molecule has 0 radical (unpaired) electrons. The fraction of sp³-hybridized carbons (Fsp3) is 0.625. The third-order valence-corrected chi connectivity index (χ3v) is 5.88. The predicted molar refractivity (Wildman–Crippen MR) is 81.8 cm³/mol. The Labute approximate surface area is 128 Å². The maximum absolute atomic E-state index is 12.6. The van der Waals surface area contributed by atoms with Gasteiger partial charge in [-0.05, 0) is 50.0 Å². The zero-order valence-corrected chi connectivity index (χ0v) is 13.1. The number of amides is 1. The second-order valence-corrected chi connectivity index (χ2v) is 7.52. The lowest BCUT2D eigenvalue weighted by atomic mass is 9.74. The van der Waals surface area contributed by atoms with Gasteiger partial charge in [-0.15, -0.1) is 11.3 Å². The highest BCUT2D eigenvalue weighted by Gasteiger charge is 2.41. The normalized spacial score (nSPS) is 23.0. The van der Waals surface area contributed by atoms with Gasteiger partial charge in [-0.25, -0.2) is 0 Å². The quantitative estimate of drug-likeness (QED) is 0.898. The van der Waals surface area contributed by atoms with Crippen molar-refractivity contribution < 1.29 is 14.7 Å². The number of carbonyl (C=O) groups is 2. The van der Waals surface area contributed by atoms with Gasteiger partial charge in [-0.3, -0.25) is 9.59 Å². The van der Waals surface area contributed by atoms with Crippen LogP contribution in [0.4, 0.5) is 0 Å². The van der Waals surface area contributed by atoms with Gasteiger partial charge in [0.2, 0.25) is 0 Å². The van der Waals surface area contributed by atoms with Crippen molar-refractivity contribution in [3.8, 4) is 0 Å². The van der Waals surface area contributed by atoms with E-state index >= 15 is 0 Å². The molecule has 0 saturated heterocycles. The molecule has 2 aliphatic rings. The molecule has 3 rings (SSSR count). The van der Waals surface area contributed by atoms with E-state index in [1.165, 1.54) is 10.4 Å². The molecule has 1 amide bonds. The molecule has 1 aromatic rings. The minimum absolute atomic E-state index is 0.0299. The summed E-state index contributed by atoms with van der Waals surface area (Å²) in [6.07, 6.45) is 5.73. The Morgan fingerprint density at radius 1 is 1.48 bits per heavy atom. The summed E-state index contributed by atoms with van der Waals surface area (Å²) in [7, 11) is 0. The summed E-state index contributed by atoms with van der Waals surface area (Å²) < 4.78 is 0. The van der Waals surface area contributed by atoms with Crippen LogP contribution in [0.15, 0.2) is 5.38 Å². The lowest BCUT2D eigenvalue weighted by molar-refractivity contribution is -0.139. The summed E-state index contributed by atoms with van der Waals surface area (Å²) in [6, 6.07) is 0. The third-order valence-electron chi connectivity index (χ3n) is 4.83. The monoisotopic (exact) mass is 307 g/mol. The van der Waals surface area contributed by atoms with Crippen molar-refractivity contribution in [3.05, 3.63) is 21.4 Å². The fourth-order valence-corrected chi connectivity index (χ4v) is 4.66. The molecule has 0 aliphatic heterocycles. The average molecular weight is 307 g/mol. The maximum Gasteiger partial charge on any atom is 0.305 e. The van der Waals surface area contributed by atoms with Gasteiger partial charge in [0.25, 0.3) is 5.91 Å². The number of carboxylic acid groups (broad SMARTS) is 1. The summed E-state index contributed by atoms with van der Waals surface area (Å²) in [5, 5.41) is 14.0. The predicted octanol–water partition coefficient (Wildman–Crippen LogP) is 3.00. The van der Waals surface area contributed by atoms with Crippen LogP contribution in [0.1, 0.15) is 59.8 Å². The van der Waals surface area contributed by atoms with E-state index in [0.29, 0.717) is 5.92 Å². The molecule has 1 unspecified atom stereocenters. The van der Waals surface area contributed by atoms with E-state index in [1.54, 1.807) is 11.3 Å². The second-order valence-electron chi connectivity index (χ2n) is 6.56. The first kappa shape index (κ1) is 14.6. The molecule has 2 aliphatic carbocycles. The third kappa shape index (κ3) is 2.84. The fourth-order valence-electron chi connectivity index (χ4n) is 3.41. The minimum Gasteiger partial charge on any atom is -0.481 e. The Kier molecular flexibility index (Phi) is 3.78. The smallest absolute Gasteiger partial charge is 0.305 e. The van der Waals surface area contributed by atoms with E-state index in [1.807, 2.05) is 5.38 Å². The Balaban J connectivity index is 1.75. The molecule has 1 aromatic heterocycles. The molecule has 21 heavy (non-hydrogen) atoms. The Bertz CT molecular complexity index is 574. The number of carbonyl (C=O) groups excluding carboxylic acids is 1. The van der Waals surface area contributed by atoms with Crippen molar-refractivity contribution in [1.82, 2.24) is 5.32 Å².